The quantitative estimate of drug-likeness (QED) is 0.0261. The number of carboxylic acid groups (broad SMARTS) is 1. The highest BCUT2D eigenvalue weighted by Gasteiger charge is 2.54. The highest BCUT2D eigenvalue weighted by molar-refractivity contribution is 7.86. The molecule has 2 aliphatic carbocycles. The smallest absolute Gasteiger partial charge is 0.338 e. The van der Waals surface area contributed by atoms with Crippen LogP contribution in [0.4, 0.5) is 5.69 Å². The van der Waals surface area contributed by atoms with Crippen LogP contribution in [0.5, 0.6) is 0 Å². The van der Waals surface area contributed by atoms with Crippen molar-refractivity contribution in [3.63, 3.8) is 0 Å². The average molecular weight is 1220 g/mol. The van der Waals surface area contributed by atoms with Gasteiger partial charge in [-0.2, -0.15) is 16.8 Å². The van der Waals surface area contributed by atoms with Gasteiger partial charge in [0, 0.05) is 36.0 Å². The van der Waals surface area contributed by atoms with Crippen LogP contribution in [0.1, 0.15) is 113 Å². The number of carbonyl (C=O) groups is 4. The maximum Gasteiger partial charge on any atom is 0.338 e. The maximum absolute atomic E-state index is 14.4. The summed E-state index contributed by atoms with van der Waals surface area (Å²) in [5, 5.41) is 76.0. The number of aliphatic hydroxyl groups is 5. The molecule has 28 heteroatoms. The van der Waals surface area contributed by atoms with Gasteiger partial charge in [0.25, 0.3) is 20.2 Å². The second-order valence-electron chi connectivity index (χ2n) is 22.1. The van der Waals surface area contributed by atoms with Gasteiger partial charge in [-0.25, -0.2) is 9.59 Å². The molecule has 9 N–H and O–H groups in total. The summed E-state index contributed by atoms with van der Waals surface area (Å²) in [6, 6.07) is 13.5. The van der Waals surface area contributed by atoms with Gasteiger partial charge in [-0.1, -0.05) is 81.0 Å². The Morgan fingerprint density at radius 2 is 1.55 bits per heavy atom. The zero-order valence-electron chi connectivity index (χ0n) is 46.4. The normalized spacial score (nSPS) is 29.2. The molecule has 84 heavy (non-hydrogen) atoms. The van der Waals surface area contributed by atoms with Gasteiger partial charge >= 0.3 is 11.9 Å². The van der Waals surface area contributed by atoms with Crippen LogP contribution in [0, 0.1) is 17.8 Å². The molecule has 2 aliphatic heterocycles. The molecule has 4 fully saturated rings. The van der Waals surface area contributed by atoms with E-state index in [0.29, 0.717) is 37.4 Å². The van der Waals surface area contributed by atoms with Crippen LogP contribution in [0.2, 0.25) is 0 Å². The van der Waals surface area contributed by atoms with Gasteiger partial charge in [-0.05, 0) is 93.0 Å². The zero-order valence-corrected chi connectivity index (χ0v) is 48.0. The Hall–Kier alpha value is -5.44. The van der Waals surface area contributed by atoms with E-state index < -0.39 is 146 Å². The lowest BCUT2D eigenvalue weighted by Crippen LogP contribution is -2.64. The van der Waals surface area contributed by atoms with E-state index in [1.54, 1.807) is 24.4 Å². The summed E-state index contributed by atoms with van der Waals surface area (Å²) in [6.07, 6.45) is -11.3. The van der Waals surface area contributed by atoms with E-state index in [1.165, 1.54) is 41.9 Å². The molecule has 3 heterocycles. The number of carboxylic acids is 1. The molecule has 0 radical (unpaired) electrons. The third-order valence-corrected chi connectivity index (χ3v) is 18.0. The molecule has 8 rings (SSSR count). The van der Waals surface area contributed by atoms with Gasteiger partial charge in [0.05, 0.1) is 47.6 Å². The number of rotatable bonds is 25. The van der Waals surface area contributed by atoms with Crippen LogP contribution < -0.4 is 5.32 Å². The molecule has 2 saturated carbocycles. The highest BCUT2D eigenvalue weighted by atomic mass is 32.2. The first-order valence-corrected chi connectivity index (χ1v) is 31.1. The molecule has 462 valence electrons. The van der Waals surface area contributed by atoms with Gasteiger partial charge in [0.1, 0.15) is 47.3 Å². The molecule has 3 aromatic carbocycles. The largest absolute Gasteiger partial charge is 0.479 e. The van der Waals surface area contributed by atoms with Crippen molar-refractivity contribution in [2.24, 2.45) is 17.8 Å². The van der Waals surface area contributed by atoms with Crippen molar-refractivity contribution in [3.05, 3.63) is 78.1 Å². The lowest BCUT2D eigenvalue weighted by Gasteiger charge is -2.49. The molecule has 1 amide bonds. The fourth-order valence-electron chi connectivity index (χ4n) is 11.7. The second-order valence-corrected chi connectivity index (χ2v) is 24.9. The Kier molecular flexibility index (Phi) is 21.8. The summed E-state index contributed by atoms with van der Waals surface area (Å²) >= 11 is 0. The topological polar surface area (TPSA) is 397 Å². The van der Waals surface area contributed by atoms with Crippen LogP contribution in [-0.2, 0) is 76.0 Å². The molecular weight excluding hydrogens is 1140 g/mol. The van der Waals surface area contributed by atoms with Crippen molar-refractivity contribution >= 4 is 60.3 Å². The maximum atomic E-state index is 14.4. The van der Waals surface area contributed by atoms with E-state index in [-0.39, 0.29) is 72.4 Å². The average Bonchev–Trinajstić information content (AvgIpc) is 2.65. The van der Waals surface area contributed by atoms with Crippen molar-refractivity contribution in [1.29, 1.82) is 0 Å². The Morgan fingerprint density at radius 3 is 2.23 bits per heavy atom. The number of nitrogens with one attached hydrogen (secondary N) is 1. The van der Waals surface area contributed by atoms with Gasteiger partial charge in [0.15, 0.2) is 24.8 Å². The van der Waals surface area contributed by atoms with E-state index in [9.17, 15) is 75.8 Å². The lowest BCUT2D eigenvalue weighted by molar-refractivity contribution is -0.349. The number of nitrogens with zero attached hydrogens (tertiary/aromatic N) is 3. The molecule has 26 nitrogen and oxygen atoms in total. The van der Waals surface area contributed by atoms with Crippen molar-refractivity contribution in [1.82, 2.24) is 15.0 Å². The van der Waals surface area contributed by atoms with Crippen LogP contribution in [0.3, 0.4) is 0 Å². The van der Waals surface area contributed by atoms with E-state index in [2.05, 4.69) is 15.6 Å². The van der Waals surface area contributed by atoms with Gasteiger partial charge in [0.2, 0.25) is 5.91 Å². The van der Waals surface area contributed by atoms with Crippen LogP contribution in [0.25, 0.3) is 10.8 Å². The number of aliphatic carboxylic acids is 1. The van der Waals surface area contributed by atoms with Gasteiger partial charge < -0.3 is 64.4 Å². The van der Waals surface area contributed by atoms with Crippen molar-refractivity contribution in [2.75, 3.05) is 11.9 Å². The van der Waals surface area contributed by atoms with E-state index in [1.807, 2.05) is 6.92 Å². The zero-order chi connectivity index (χ0) is 60.6. The Bertz CT molecular complexity index is 3140. The molecule has 0 spiro atoms. The minimum absolute atomic E-state index is 0.00148. The number of Topliss-reactive ketones (excluding diaryl/α,β-unsaturated/α-hetero) is 1. The number of aromatic nitrogens is 3. The Morgan fingerprint density at radius 1 is 0.810 bits per heavy atom. The van der Waals surface area contributed by atoms with Crippen LogP contribution in [0.15, 0.2) is 76.7 Å². The first-order valence-electron chi connectivity index (χ1n) is 28.3. The fourth-order valence-corrected chi connectivity index (χ4v) is 13.1. The number of esters is 1. The highest BCUT2D eigenvalue weighted by Crippen LogP contribution is 2.42. The minimum atomic E-state index is -5.04. The monoisotopic (exact) mass is 1220 g/mol. The second kappa shape index (κ2) is 28.4. The number of hydrogen-bond acceptors (Lipinski definition) is 21. The number of carbonyl (C=O) groups excluding carboxylic acids is 3. The number of fused-ring (bicyclic) bond motifs is 1. The number of hydrogen-bond donors (Lipinski definition) is 9. The summed E-state index contributed by atoms with van der Waals surface area (Å²) < 4.78 is 107. The minimum Gasteiger partial charge on any atom is -0.479 e. The summed E-state index contributed by atoms with van der Waals surface area (Å²) in [7, 11) is -9.91. The number of ketones is 1. The Labute approximate surface area is 485 Å². The van der Waals surface area contributed by atoms with Crippen molar-refractivity contribution in [3.8, 4) is 0 Å². The summed E-state index contributed by atoms with van der Waals surface area (Å²) in [5.74, 6) is -4.13. The fraction of sp³-hybridized carbons (Fsp3) is 0.607. The first kappa shape index (κ1) is 64.6. The number of anilines is 1. The van der Waals surface area contributed by atoms with Crippen LogP contribution >= 0.6 is 0 Å². The molecular formula is C56H74N4O22S2. The van der Waals surface area contributed by atoms with Crippen LogP contribution in [-0.4, -0.2) is 182 Å². The summed E-state index contributed by atoms with van der Waals surface area (Å²) in [4.78, 5) is 52.7. The Balaban J connectivity index is 0.960. The number of benzene rings is 3. The van der Waals surface area contributed by atoms with E-state index in [0.717, 1.165) is 38.2 Å². The predicted octanol–water partition coefficient (Wildman–Crippen LogP) is 3.38. The number of aliphatic hydroxyl groups excluding tert-OH is 5. The number of amides is 1. The summed E-state index contributed by atoms with van der Waals surface area (Å²) in [5.41, 5.74) is 0.589. The molecule has 4 aliphatic rings. The molecule has 0 bridgehead atoms. The number of aryl methyl sites for hydroxylation is 2. The third-order valence-electron chi connectivity index (χ3n) is 16.3. The van der Waals surface area contributed by atoms with E-state index in [4.69, 9.17) is 28.4 Å². The van der Waals surface area contributed by atoms with Gasteiger partial charge in [-0.15, -0.1) is 5.10 Å². The lowest BCUT2D eigenvalue weighted by atomic mass is 9.74. The van der Waals surface area contributed by atoms with Crippen molar-refractivity contribution in [2.45, 2.75) is 200 Å². The number of ether oxygens (including phenoxy) is 6. The standard InChI is InChI=1S/C56H74N4O22S2/c1-3-32-24-35(39(62)20-11-10-18-36-28-60(59-58-36)22-21-44(63)57-38-19-12-17-34-25-37(83(71,72)73)27-43(45(34)38)84(74,75)76)26-40(50(32)82-55-49(67)48(66)46(64)30(2)77-55)79-56-52(81-54(70)33-15-8-5-9-16-33)51(47(65)42(29-61)80-56)78-41(53(68)69)23-31-13-6-4-7-14-31/h5,8-9,12,15-17,19,25,27-28,30-32,35,40-42,46-52,55-56,61,64-67H,3-4,6-7,10-11,13-14,18,20-24,26,29H2,1-2H3,(H,57,63)(H,68,69)(H,71,72,73)(H,74,75,76)/t30?,32?,35?,40?,41-,42?,46?,47?,48?,49?,50?,51?,52?,55?,56?/m0/s1. The molecule has 2 saturated heterocycles. The third kappa shape index (κ3) is 15.9. The first-order chi connectivity index (χ1) is 39.9. The molecule has 1 aromatic heterocycles. The van der Waals surface area contributed by atoms with E-state index >= 15 is 0 Å². The molecule has 4 aromatic rings. The SMILES string of the molecule is CCC1CC(C(=O)CCCCc2cn(CCC(=O)Nc3cccc4cc(S(=O)(=O)O)cc(S(=O)(=O)O)c34)nn2)CC(OC2OC(CO)C(O)C(O[C@@H](CC3CCCCC3)C(=O)O)C2OC(=O)c2ccccc2)C1OC1OC(C)C(O)C(O)C1O. The number of unbranched alkanes of at least 4 members (excludes halogenated alkanes) is 1. The van der Waals surface area contributed by atoms with Crippen molar-refractivity contribution < 1.29 is 104 Å². The summed E-state index contributed by atoms with van der Waals surface area (Å²) in [6.45, 7) is 2.57. The predicted molar refractivity (Wildman–Crippen MR) is 293 cm³/mol. The van der Waals surface area contributed by atoms with Gasteiger partial charge in [-0.3, -0.25) is 23.4 Å². The molecule has 15 atom stereocenters. The molecule has 14 unspecified atom stereocenters.